The van der Waals surface area contributed by atoms with Gasteiger partial charge in [-0.25, -0.2) is 0 Å². The second-order valence-electron chi connectivity index (χ2n) is 6.57. The normalized spacial score (nSPS) is 10.8. The predicted octanol–water partition coefficient (Wildman–Crippen LogP) is 7.57. The van der Waals surface area contributed by atoms with E-state index in [1.165, 1.54) is 0 Å². The van der Waals surface area contributed by atoms with Crippen LogP contribution in [0.1, 0.15) is 23.6 Å². The maximum absolute atomic E-state index is 6.51. The maximum Gasteiger partial charge on any atom is 0.180 e. The topological polar surface area (TPSA) is 30.5 Å². The lowest BCUT2D eigenvalue weighted by Crippen LogP contribution is -2.13. The van der Waals surface area contributed by atoms with Crippen molar-refractivity contribution in [2.24, 2.45) is 0 Å². The highest BCUT2D eigenvalue weighted by molar-refractivity contribution is 6.42. The van der Waals surface area contributed by atoms with Gasteiger partial charge in [-0.2, -0.15) is 0 Å². The molecule has 0 fully saturated rings. The molecule has 3 aromatic rings. The van der Waals surface area contributed by atoms with Crippen LogP contribution < -0.4 is 14.8 Å². The minimum Gasteiger partial charge on any atom is -0.490 e. The van der Waals surface area contributed by atoms with Crippen LogP contribution in [0.4, 0.5) is 0 Å². The molecule has 0 heterocycles. The number of benzene rings is 3. The fourth-order valence-corrected chi connectivity index (χ4v) is 3.71. The summed E-state index contributed by atoms with van der Waals surface area (Å²) in [6.45, 7) is 3.96. The minimum atomic E-state index is 0.292. The molecule has 0 unspecified atom stereocenters. The minimum absolute atomic E-state index is 0.292. The summed E-state index contributed by atoms with van der Waals surface area (Å²) in [4.78, 5) is 0. The zero-order chi connectivity index (χ0) is 21.5. The summed E-state index contributed by atoms with van der Waals surface area (Å²) in [6, 6.07) is 16.9. The van der Waals surface area contributed by atoms with Crippen LogP contribution in [0, 0.1) is 0 Å². The van der Waals surface area contributed by atoms with E-state index in [1.807, 2.05) is 49.4 Å². The highest BCUT2D eigenvalue weighted by Gasteiger charge is 2.13. The van der Waals surface area contributed by atoms with Crippen molar-refractivity contribution in [3.05, 3.63) is 91.4 Å². The molecule has 7 heteroatoms. The van der Waals surface area contributed by atoms with Gasteiger partial charge in [-0.15, -0.1) is 0 Å². The fourth-order valence-electron chi connectivity index (χ4n) is 2.89. The van der Waals surface area contributed by atoms with E-state index in [9.17, 15) is 0 Å². The van der Waals surface area contributed by atoms with E-state index >= 15 is 0 Å². The molecule has 1 N–H and O–H groups in total. The zero-order valence-corrected chi connectivity index (χ0v) is 19.4. The Labute approximate surface area is 196 Å². The molecule has 30 heavy (non-hydrogen) atoms. The zero-order valence-electron chi connectivity index (χ0n) is 16.4. The second kappa shape index (κ2) is 11.1. The van der Waals surface area contributed by atoms with Crippen molar-refractivity contribution in [3.8, 4) is 11.5 Å². The Morgan fingerprint density at radius 1 is 0.733 bits per heavy atom. The molecular weight excluding hydrogens is 464 g/mol. The Hall–Kier alpha value is -1.62. The van der Waals surface area contributed by atoms with Crippen molar-refractivity contribution in [3.63, 3.8) is 0 Å². The van der Waals surface area contributed by atoms with Crippen LogP contribution in [-0.2, 0) is 19.7 Å². The monoisotopic (exact) mass is 483 g/mol. The third-order valence-corrected chi connectivity index (χ3v) is 5.73. The van der Waals surface area contributed by atoms with Crippen molar-refractivity contribution in [2.75, 3.05) is 6.61 Å². The summed E-state index contributed by atoms with van der Waals surface area (Å²) < 4.78 is 11.7. The summed E-state index contributed by atoms with van der Waals surface area (Å²) in [7, 11) is 0. The Morgan fingerprint density at radius 3 is 2.23 bits per heavy atom. The molecule has 3 nitrogen and oxygen atoms in total. The molecule has 0 radical (unpaired) electrons. The standard InChI is InChI=1S/C23H21Cl4NO2/c1-2-29-22-11-16(12-28-13-17-5-3-4-6-18(17)24)10-21(27)23(22)30-14-15-7-8-19(25)20(26)9-15/h3-11,28H,2,12-14H2,1H3. The number of nitrogens with one attached hydrogen (secondary N) is 1. The van der Waals surface area contributed by atoms with E-state index in [0.717, 1.165) is 21.7 Å². The average molecular weight is 485 g/mol. The molecule has 0 aromatic heterocycles. The summed E-state index contributed by atoms with van der Waals surface area (Å²) in [5.41, 5.74) is 2.91. The summed E-state index contributed by atoms with van der Waals surface area (Å²) in [5, 5.41) is 5.58. The maximum atomic E-state index is 6.51. The average Bonchev–Trinajstić information content (AvgIpc) is 2.71. The number of hydrogen-bond acceptors (Lipinski definition) is 3. The van der Waals surface area contributed by atoms with Gasteiger partial charge in [0.15, 0.2) is 11.5 Å². The van der Waals surface area contributed by atoms with Crippen LogP contribution in [0.5, 0.6) is 11.5 Å². The van der Waals surface area contributed by atoms with Crippen molar-refractivity contribution >= 4 is 46.4 Å². The lowest BCUT2D eigenvalue weighted by molar-refractivity contribution is 0.269. The van der Waals surface area contributed by atoms with Crippen LogP contribution in [0.3, 0.4) is 0 Å². The highest BCUT2D eigenvalue weighted by atomic mass is 35.5. The van der Waals surface area contributed by atoms with E-state index in [-0.39, 0.29) is 0 Å². The highest BCUT2D eigenvalue weighted by Crippen LogP contribution is 2.37. The van der Waals surface area contributed by atoms with Crippen molar-refractivity contribution in [2.45, 2.75) is 26.6 Å². The first-order valence-corrected chi connectivity index (χ1v) is 10.9. The van der Waals surface area contributed by atoms with Gasteiger partial charge in [0.25, 0.3) is 0 Å². The Bertz CT molecular complexity index is 1010. The van der Waals surface area contributed by atoms with Crippen LogP contribution in [-0.4, -0.2) is 6.61 Å². The van der Waals surface area contributed by atoms with Gasteiger partial charge in [0.05, 0.1) is 21.7 Å². The van der Waals surface area contributed by atoms with Gasteiger partial charge in [0.1, 0.15) is 6.61 Å². The molecule has 0 atom stereocenters. The Kier molecular flexibility index (Phi) is 8.55. The van der Waals surface area contributed by atoms with Crippen LogP contribution in [0.2, 0.25) is 20.1 Å². The van der Waals surface area contributed by atoms with Crippen molar-refractivity contribution < 1.29 is 9.47 Å². The summed E-state index contributed by atoms with van der Waals surface area (Å²) in [6.07, 6.45) is 0. The summed E-state index contributed by atoms with van der Waals surface area (Å²) in [5.74, 6) is 1.10. The summed E-state index contributed by atoms with van der Waals surface area (Å²) >= 11 is 24.8. The molecule has 0 aliphatic rings. The van der Waals surface area contributed by atoms with E-state index in [4.69, 9.17) is 55.9 Å². The molecule has 3 aromatic carbocycles. The molecule has 0 saturated heterocycles. The molecule has 0 bridgehead atoms. The van der Waals surface area contributed by atoms with Gasteiger partial charge in [0, 0.05) is 18.1 Å². The SMILES string of the molecule is CCOc1cc(CNCc2ccccc2Cl)cc(Cl)c1OCc1ccc(Cl)c(Cl)c1. The molecule has 0 aliphatic carbocycles. The number of halogens is 4. The van der Waals surface area contributed by atoms with Crippen molar-refractivity contribution in [1.82, 2.24) is 5.32 Å². The fraction of sp³-hybridized carbons (Fsp3) is 0.217. The van der Waals surface area contributed by atoms with Crippen LogP contribution in [0.25, 0.3) is 0 Å². The van der Waals surface area contributed by atoms with Crippen LogP contribution >= 0.6 is 46.4 Å². The number of rotatable bonds is 9. The number of hydrogen-bond donors (Lipinski definition) is 1. The Morgan fingerprint density at radius 2 is 1.50 bits per heavy atom. The van der Waals surface area contributed by atoms with Gasteiger partial charge in [0.2, 0.25) is 0 Å². The smallest absolute Gasteiger partial charge is 0.180 e. The second-order valence-corrected chi connectivity index (χ2v) is 8.20. The Balaban J connectivity index is 1.69. The van der Waals surface area contributed by atoms with E-state index < -0.39 is 0 Å². The van der Waals surface area contributed by atoms with Crippen LogP contribution in [0.15, 0.2) is 54.6 Å². The third kappa shape index (κ3) is 6.19. The van der Waals surface area contributed by atoms with Gasteiger partial charge in [-0.05, 0) is 53.9 Å². The first-order chi connectivity index (χ1) is 14.5. The molecule has 0 saturated carbocycles. The van der Waals surface area contributed by atoms with Gasteiger partial charge >= 0.3 is 0 Å². The molecular formula is C23H21Cl4NO2. The lowest BCUT2D eigenvalue weighted by atomic mass is 10.1. The quantitative estimate of drug-likeness (QED) is 0.339. The van der Waals surface area contributed by atoms with E-state index in [2.05, 4.69) is 5.32 Å². The predicted molar refractivity (Wildman–Crippen MR) is 125 cm³/mol. The lowest BCUT2D eigenvalue weighted by Gasteiger charge is -2.16. The molecule has 158 valence electrons. The van der Waals surface area contributed by atoms with Crippen molar-refractivity contribution in [1.29, 1.82) is 0 Å². The van der Waals surface area contributed by atoms with E-state index in [1.54, 1.807) is 12.1 Å². The van der Waals surface area contributed by atoms with Gasteiger partial charge < -0.3 is 14.8 Å². The largest absolute Gasteiger partial charge is 0.490 e. The van der Waals surface area contributed by atoms with Gasteiger partial charge in [-0.1, -0.05) is 70.7 Å². The third-order valence-electron chi connectivity index (χ3n) is 4.34. The molecule has 3 rings (SSSR count). The molecule has 0 spiro atoms. The number of ether oxygens (including phenoxy) is 2. The molecule has 0 aliphatic heterocycles. The molecule has 0 amide bonds. The first kappa shape index (κ1) is 23.1. The van der Waals surface area contributed by atoms with Gasteiger partial charge in [-0.3, -0.25) is 0 Å². The first-order valence-electron chi connectivity index (χ1n) is 9.44. The van der Waals surface area contributed by atoms with E-state index in [0.29, 0.717) is 52.9 Å².